The highest BCUT2D eigenvalue weighted by Crippen LogP contribution is 2.30. The van der Waals surface area contributed by atoms with E-state index in [1.807, 2.05) is 29.2 Å². The van der Waals surface area contributed by atoms with Crippen molar-refractivity contribution in [3.63, 3.8) is 0 Å². The molecule has 0 unspecified atom stereocenters. The zero-order valence-corrected chi connectivity index (χ0v) is 18.6. The number of amides is 1. The quantitative estimate of drug-likeness (QED) is 0.520. The van der Waals surface area contributed by atoms with Crippen molar-refractivity contribution >= 4 is 23.3 Å². The molecule has 2 aromatic rings. The second-order valence-electron chi connectivity index (χ2n) is 7.31. The standard InChI is InChI=1S/C25H22N6O3/c1-2-34-25(33)19-8-9-23(21(14-19)29-22(17-28)20(15-26)16-27)30-10-12-31(13-11-30)24(32)18-6-4-3-5-7-18/h3-9,14,29H,2,10-13H2,1H3. The van der Waals surface area contributed by atoms with Crippen molar-refractivity contribution < 1.29 is 14.3 Å². The van der Waals surface area contributed by atoms with Crippen molar-refractivity contribution in [3.05, 3.63) is 70.9 Å². The van der Waals surface area contributed by atoms with E-state index in [4.69, 9.17) is 15.3 Å². The average molecular weight is 454 g/mol. The number of anilines is 2. The molecule has 1 fully saturated rings. The molecule has 0 atom stereocenters. The third-order valence-electron chi connectivity index (χ3n) is 5.28. The van der Waals surface area contributed by atoms with Crippen LogP contribution in [0.4, 0.5) is 11.4 Å². The van der Waals surface area contributed by atoms with Gasteiger partial charge in [-0.15, -0.1) is 0 Å². The van der Waals surface area contributed by atoms with Crippen LogP contribution < -0.4 is 10.2 Å². The molecule has 1 heterocycles. The predicted octanol–water partition coefficient (Wildman–Crippen LogP) is 3.06. The Bertz CT molecular complexity index is 1210. The molecule has 0 aliphatic carbocycles. The van der Waals surface area contributed by atoms with Crippen LogP contribution in [0.3, 0.4) is 0 Å². The lowest BCUT2D eigenvalue weighted by atomic mass is 10.1. The Balaban J connectivity index is 1.87. The summed E-state index contributed by atoms with van der Waals surface area (Å²) in [6.07, 6.45) is 0. The Labute approximate surface area is 197 Å². The van der Waals surface area contributed by atoms with E-state index in [2.05, 4.69) is 5.32 Å². The van der Waals surface area contributed by atoms with Crippen molar-refractivity contribution in [3.8, 4) is 18.2 Å². The highest BCUT2D eigenvalue weighted by atomic mass is 16.5. The molecule has 1 aliphatic heterocycles. The van der Waals surface area contributed by atoms with E-state index in [1.54, 1.807) is 48.2 Å². The molecule has 3 rings (SSSR count). The van der Waals surface area contributed by atoms with E-state index in [-0.39, 0.29) is 29.3 Å². The van der Waals surface area contributed by atoms with Gasteiger partial charge in [-0.3, -0.25) is 4.79 Å². The van der Waals surface area contributed by atoms with Gasteiger partial charge in [0.05, 0.1) is 23.5 Å². The molecule has 1 aliphatic rings. The van der Waals surface area contributed by atoms with Crippen LogP contribution in [0.5, 0.6) is 0 Å². The number of esters is 1. The van der Waals surface area contributed by atoms with Crippen LogP contribution in [0.15, 0.2) is 59.8 Å². The maximum Gasteiger partial charge on any atom is 0.338 e. The first kappa shape index (κ1) is 23.8. The highest BCUT2D eigenvalue weighted by molar-refractivity contribution is 5.95. The Morgan fingerprint density at radius 2 is 1.62 bits per heavy atom. The summed E-state index contributed by atoms with van der Waals surface area (Å²) < 4.78 is 5.07. The lowest BCUT2D eigenvalue weighted by Gasteiger charge is -2.37. The molecule has 0 bridgehead atoms. The first-order chi connectivity index (χ1) is 16.5. The van der Waals surface area contributed by atoms with Crippen molar-refractivity contribution in [1.29, 1.82) is 15.8 Å². The number of benzene rings is 2. The molecule has 0 radical (unpaired) electrons. The van der Waals surface area contributed by atoms with Crippen LogP contribution in [0.25, 0.3) is 0 Å². The normalized spacial score (nSPS) is 12.5. The number of hydrogen-bond acceptors (Lipinski definition) is 8. The van der Waals surface area contributed by atoms with E-state index in [0.29, 0.717) is 43.1 Å². The first-order valence-electron chi connectivity index (χ1n) is 10.6. The van der Waals surface area contributed by atoms with Crippen molar-refractivity contribution in [1.82, 2.24) is 4.90 Å². The van der Waals surface area contributed by atoms with Crippen LogP contribution in [0, 0.1) is 34.0 Å². The van der Waals surface area contributed by atoms with Gasteiger partial charge in [-0.25, -0.2) is 4.79 Å². The third kappa shape index (κ3) is 5.32. The molecule has 9 nitrogen and oxygen atoms in total. The van der Waals surface area contributed by atoms with Crippen molar-refractivity contribution in [2.24, 2.45) is 0 Å². The molecular weight excluding hydrogens is 432 g/mol. The van der Waals surface area contributed by atoms with Gasteiger partial charge in [0.15, 0.2) is 5.57 Å². The van der Waals surface area contributed by atoms with Crippen LogP contribution in [-0.4, -0.2) is 49.6 Å². The smallest absolute Gasteiger partial charge is 0.338 e. The Hall–Kier alpha value is -4.81. The van der Waals surface area contributed by atoms with E-state index in [1.165, 1.54) is 6.07 Å². The highest BCUT2D eigenvalue weighted by Gasteiger charge is 2.24. The number of carbonyl (C=O) groups is 2. The number of rotatable bonds is 6. The van der Waals surface area contributed by atoms with E-state index < -0.39 is 5.97 Å². The Kier molecular flexibility index (Phi) is 7.84. The number of ether oxygens (including phenoxy) is 1. The second kappa shape index (κ2) is 11.2. The number of hydrogen-bond donors (Lipinski definition) is 1. The van der Waals surface area contributed by atoms with E-state index in [0.717, 1.165) is 0 Å². The van der Waals surface area contributed by atoms with Gasteiger partial charge < -0.3 is 19.9 Å². The summed E-state index contributed by atoms with van der Waals surface area (Å²) in [6, 6.07) is 19.2. The third-order valence-corrected chi connectivity index (χ3v) is 5.28. The summed E-state index contributed by atoms with van der Waals surface area (Å²) in [5.74, 6) is -0.572. The lowest BCUT2D eigenvalue weighted by molar-refractivity contribution is 0.0526. The fraction of sp³-hybridized carbons (Fsp3) is 0.240. The van der Waals surface area contributed by atoms with Gasteiger partial charge in [0.1, 0.15) is 23.9 Å². The topological polar surface area (TPSA) is 133 Å². The number of piperazine rings is 1. The SMILES string of the molecule is CCOC(=O)c1ccc(N2CCN(C(=O)c3ccccc3)CC2)c(NC(C#N)=C(C#N)C#N)c1. The van der Waals surface area contributed by atoms with E-state index in [9.17, 15) is 14.9 Å². The molecule has 170 valence electrons. The summed E-state index contributed by atoms with van der Waals surface area (Å²) in [5.41, 5.74) is 1.36. The van der Waals surface area contributed by atoms with Crippen LogP contribution in [0.1, 0.15) is 27.6 Å². The van der Waals surface area contributed by atoms with Crippen LogP contribution in [-0.2, 0) is 4.74 Å². The van der Waals surface area contributed by atoms with Crippen LogP contribution in [0.2, 0.25) is 0 Å². The van der Waals surface area contributed by atoms with Gasteiger partial charge in [0.25, 0.3) is 5.91 Å². The minimum absolute atomic E-state index is 0.0429. The maximum atomic E-state index is 12.8. The average Bonchev–Trinajstić information content (AvgIpc) is 2.89. The van der Waals surface area contributed by atoms with Crippen LogP contribution >= 0.6 is 0 Å². The number of carbonyl (C=O) groups excluding carboxylic acids is 2. The largest absolute Gasteiger partial charge is 0.462 e. The molecule has 1 amide bonds. The molecule has 34 heavy (non-hydrogen) atoms. The van der Waals surface area contributed by atoms with E-state index >= 15 is 0 Å². The Morgan fingerprint density at radius 1 is 0.941 bits per heavy atom. The molecule has 1 N–H and O–H groups in total. The van der Waals surface area contributed by atoms with Crippen molar-refractivity contribution in [2.45, 2.75) is 6.92 Å². The number of nitriles is 3. The first-order valence-corrected chi connectivity index (χ1v) is 10.6. The number of allylic oxidation sites excluding steroid dienone is 2. The number of nitrogens with zero attached hydrogens (tertiary/aromatic N) is 5. The summed E-state index contributed by atoms with van der Waals surface area (Å²) in [7, 11) is 0. The fourth-order valence-electron chi connectivity index (χ4n) is 3.58. The second-order valence-corrected chi connectivity index (χ2v) is 7.31. The molecule has 0 aromatic heterocycles. The molecule has 0 spiro atoms. The van der Waals surface area contributed by atoms with Crippen molar-refractivity contribution in [2.75, 3.05) is 43.0 Å². The molecule has 2 aromatic carbocycles. The predicted molar refractivity (Wildman–Crippen MR) is 124 cm³/mol. The van der Waals surface area contributed by atoms with Gasteiger partial charge in [-0.05, 0) is 37.3 Å². The minimum Gasteiger partial charge on any atom is -0.462 e. The molecule has 0 saturated carbocycles. The van der Waals surface area contributed by atoms with Gasteiger partial charge >= 0.3 is 5.97 Å². The van der Waals surface area contributed by atoms with Gasteiger partial charge in [-0.1, -0.05) is 18.2 Å². The van der Waals surface area contributed by atoms with Gasteiger partial charge in [-0.2, -0.15) is 15.8 Å². The zero-order valence-electron chi connectivity index (χ0n) is 18.6. The number of nitrogens with one attached hydrogen (secondary N) is 1. The summed E-state index contributed by atoms with van der Waals surface area (Å²) in [4.78, 5) is 28.8. The fourth-order valence-corrected chi connectivity index (χ4v) is 3.58. The lowest BCUT2D eigenvalue weighted by Crippen LogP contribution is -2.49. The summed E-state index contributed by atoms with van der Waals surface area (Å²) in [5, 5.41) is 30.6. The zero-order chi connectivity index (χ0) is 24.5. The summed E-state index contributed by atoms with van der Waals surface area (Å²) in [6.45, 7) is 3.90. The van der Waals surface area contributed by atoms with Gasteiger partial charge in [0, 0.05) is 31.7 Å². The summed E-state index contributed by atoms with van der Waals surface area (Å²) >= 11 is 0. The van der Waals surface area contributed by atoms with Gasteiger partial charge in [0.2, 0.25) is 0 Å². The minimum atomic E-state index is -0.529. The molecular formula is C25H22N6O3. The molecule has 9 heteroatoms. The molecule has 1 saturated heterocycles. The monoisotopic (exact) mass is 454 g/mol. The Morgan fingerprint density at radius 3 is 2.21 bits per heavy atom. The maximum absolute atomic E-state index is 12.8.